The molecule has 0 saturated heterocycles. The van der Waals surface area contributed by atoms with E-state index in [1.807, 2.05) is 12.1 Å². The SMILES string of the molecule is Cc1ccc(C(Br)c2ccc(S(C)(=O)=O)cc2)cc1C. The van der Waals surface area contributed by atoms with Gasteiger partial charge in [0.25, 0.3) is 0 Å². The van der Waals surface area contributed by atoms with E-state index in [0.29, 0.717) is 4.90 Å². The number of benzene rings is 2. The standard InChI is InChI=1S/C16H17BrO2S/c1-11-4-5-14(10-12(11)2)16(17)13-6-8-15(9-7-13)20(3,18)19/h4-10,16H,1-3H3. The van der Waals surface area contributed by atoms with Crippen molar-refractivity contribution in [3.8, 4) is 0 Å². The summed E-state index contributed by atoms with van der Waals surface area (Å²) in [6.45, 7) is 4.18. The molecule has 0 radical (unpaired) electrons. The predicted molar refractivity (Wildman–Crippen MR) is 86.2 cm³/mol. The summed E-state index contributed by atoms with van der Waals surface area (Å²) in [7, 11) is -3.14. The highest BCUT2D eigenvalue weighted by Crippen LogP contribution is 2.32. The number of alkyl halides is 1. The van der Waals surface area contributed by atoms with Gasteiger partial charge >= 0.3 is 0 Å². The van der Waals surface area contributed by atoms with Crippen LogP contribution in [0.4, 0.5) is 0 Å². The Hall–Kier alpha value is -1.13. The van der Waals surface area contributed by atoms with E-state index in [2.05, 4.69) is 48.0 Å². The molecule has 0 aliphatic heterocycles. The van der Waals surface area contributed by atoms with Crippen molar-refractivity contribution in [3.05, 3.63) is 64.7 Å². The zero-order valence-electron chi connectivity index (χ0n) is 11.7. The van der Waals surface area contributed by atoms with Gasteiger partial charge in [0.2, 0.25) is 0 Å². The fraction of sp³-hybridized carbons (Fsp3) is 0.250. The molecule has 2 rings (SSSR count). The third-order valence-electron chi connectivity index (χ3n) is 3.42. The number of sulfone groups is 1. The summed E-state index contributed by atoms with van der Waals surface area (Å²) in [6, 6.07) is 13.4. The number of rotatable bonds is 3. The molecule has 2 aromatic rings. The Labute approximate surface area is 128 Å². The van der Waals surface area contributed by atoms with Crippen LogP contribution in [0.3, 0.4) is 0 Å². The second-order valence-electron chi connectivity index (χ2n) is 5.05. The van der Waals surface area contributed by atoms with Crippen molar-refractivity contribution in [1.29, 1.82) is 0 Å². The fourth-order valence-electron chi connectivity index (χ4n) is 2.00. The molecule has 0 fully saturated rings. The lowest BCUT2D eigenvalue weighted by Gasteiger charge is -2.13. The average molecular weight is 353 g/mol. The summed E-state index contributed by atoms with van der Waals surface area (Å²) in [5, 5.41) is 0. The molecular weight excluding hydrogens is 336 g/mol. The van der Waals surface area contributed by atoms with Crippen LogP contribution < -0.4 is 0 Å². The number of hydrogen-bond donors (Lipinski definition) is 0. The lowest BCUT2D eigenvalue weighted by molar-refractivity contribution is 0.602. The van der Waals surface area contributed by atoms with Crippen LogP contribution in [0.5, 0.6) is 0 Å². The molecule has 20 heavy (non-hydrogen) atoms. The molecule has 0 aliphatic carbocycles. The van der Waals surface area contributed by atoms with Crippen molar-refractivity contribution < 1.29 is 8.42 Å². The topological polar surface area (TPSA) is 34.1 Å². The summed E-state index contributed by atoms with van der Waals surface area (Å²) < 4.78 is 22.9. The molecule has 0 N–H and O–H groups in total. The minimum atomic E-state index is -3.14. The van der Waals surface area contributed by atoms with Gasteiger partial charge in [0.15, 0.2) is 9.84 Å². The van der Waals surface area contributed by atoms with E-state index in [4.69, 9.17) is 0 Å². The van der Waals surface area contributed by atoms with Gasteiger partial charge in [-0.2, -0.15) is 0 Å². The lowest BCUT2D eigenvalue weighted by Crippen LogP contribution is -1.99. The molecule has 0 heterocycles. The average Bonchev–Trinajstić information content (AvgIpc) is 2.40. The van der Waals surface area contributed by atoms with E-state index in [0.717, 1.165) is 5.56 Å². The zero-order chi connectivity index (χ0) is 14.9. The monoisotopic (exact) mass is 352 g/mol. The summed E-state index contributed by atoms with van der Waals surface area (Å²) in [4.78, 5) is 0.413. The van der Waals surface area contributed by atoms with Crippen LogP contribution in [0.2, 0.25) is 0 Å². The van der Waals surface area contributed by atoms with E-state index in [-0.39, 0.29) is 4.83 Å². The van der Waals surface area contributed by atoms with Crippen molar-refractivity contribution in [2.75, 3.05) is 6.26 Å². The lowest BCUT2D eigenvalue weighted by atomic mass is 10.0. The normalized spacial score (nSPS) is 13.2. The van der Waals surface area contributed by atoms with Crippen LogP contribution >= 0.6 is 15.9 Å². The van der Waals surface area contributed by atoms with E-state index >= 15 is 0 Å². The molecule has 0 spiro atoms. The van der Waals surface area contributed by atoms with Crippen molar-refractivity contribution >= 4 is 25.8 Å². The maximum absolute atomic E-state index is 11.5. The third kappa shape index (κ3) is 3.30. The van der Waals surface area contributed by atoms with Crippen LogP contribution in [-0.4, -0.2) is 14.7 Å². The molecular formula is C16H17BrO2S. The minimum absolute atomic E-state index is 0.0652. The Morgan fingerprint density at radius 1 is 0.900 bits per heavy atom. The highest BCUT2D eigenvalue weighted by molar-refractivity contribution is 9.09. The van der Waals surface area contributed by atoms with Gasteiger partial charge in [0.05, 0.1) is 9.72 Å². The summed E-state index contributed by atoms with van der Waals surface area (Å²) in [5.41, 5.74) is 4.72. The molecule has 0 bridgehead atoms. The number of hydrogen-bond acceptors (Lipinski definition) is 2. The zero-order valence-corrected chi connectivity index (χ0v) is 14.1. The molecule has 106 valence electrons. The molecule has 2 aromatic carbocycles. The molecule has 4 heteroatoms. The molecule has 0 saturated carbocycles. The first-order valence-electron chi connectivity index (χ1n) is 6.30. The van der Waals surface area contributed by atoms with E-state index in [1.54, 1.807) is 12.1 Å². The molecule has 2 nitrogen and oxygen atoms in total. The first kappa shape index (κ1) is 15.3. The maximum Gasteiger partial charge on any atom is 0.175 e. The van der Waals surface area contributed by atoms with Gasteiger partial charge in [-0.3, -0.25) is 0 Å². The van der Waals surface area contributed by atoms with E-state index in [1.165, 1.54) is 22.9 Å². The van der Waals surface area contributed by atoms with E-state index in [9.17, 15) is 8.42 Å². The van der Waals surface area contributed by atoms with Crippen LogP contribution in [0.25, 0.3) is 0 Å². The van der Waals surface area contributed by atoms with Gasteiger partial charge in [-0.15, -0.1) is 0 Å². The molecule has 0 aliphatic rings. The van der Waals surface area contributed by atoms with Gasteiger partial charge < -0.3 is 0 Å². The Balaban J connectivity index is 2.33. The van der Waals surface area contributed by atoms with Crippen molar-refractivity contribution in [1.82, 2.24) is 0 Å². The molecule has 0 aromatic heterocycles. The highest BCUT2D eigenvalue weighted by atomic mass is 79.9. The van der Waals surface area contributed by atoms with Crippen LogP contribution in [0, 0.1) is 13.8 Å². The Morgan fingerprint density at radius 3 is 1.95 bits per heavy atom. The summed E-state index contributed by atoms with van der Waals surface area (Å²) >= 11 is 3.68. The fourth-order valence-corrected chi connectivity index (χ4v) is 3.22. The number of aryl methyl sites for hydroxylation is 2. The Kier molecular flexibility index (Phi) is 4.35. The molecule has 1 atom stereocenters. The van der Waals surface area contributed by atoms with E-state index < -0.39 is 9.84 Å². The largest absolute Gasteiger partial charge is 0.224 e. The van der Waals surface area contributed by atoms with Gasteiger partial charge in [0, 0.05) is 6.26 Å². The highest BCUT2D eigenvalue weighted by Gasteiger charge is 2.13. The van der Waals surface area contributed by atoms with Crippen LogP contribution in [0.1, 0.15) is 27.1 Å². The van der Waals surface area contributed by atoms with Gasteiger partial charge in [-0.25, -0.2) is 8.42 Å². The first-order chi connectivity index (χ1) is 9.29. The smallest absolute Gasteiger partial charge is 0.175 e. The van der Waals surface area contributed by atoms with Crippen LogP contribution in [-0.2, 0) is 9.84 Å². The van der Waals surface area contributed by atoms with Crippen molar-refractivity contribution in [2.45, 2.75) is 23.6 Å². The van der Waals surface area contributed by atoms with Crippen molar-refractivity contribution in [2.24, 2.45) is 0 Å². The van der Waals surface area contributed by atoms with Gasteiger partial charge in [0.1, 0.15) is 0 Å². The third-order valence-corrected chi connectivity index (χ3v) is 5.61. The minimum Gasteiger partial charge on any atom is -0.224 e. The maximum atomic E-state index is 11.5. The summed E-state index contributed by atoms with van der Waals surface area (Å²) in [5.74, 6) is 0. The summed E-state index contributed by atoms with van der Waals surface area (Å²) in [6.07, 6.45) is 1.22. The second kappa shape index (κ2) is 5.70. The molecule has 1 unspecified atom stereocenters. The van der Waals surface area contributed by atoms with Gasteiger partial charge in [-0.1, -0.05) is 46.3 Å². The van der Waals surface area contributed by atoms with Crippen molar-refractivity contribution in [3.63, 3.8) is 0 Å². The van der Waals surface area contributed by atoms with Gasteiger partial charge in [-0.05, 0) is 48.2 Å². The quantitative estimate of drug-likeness (QED) is 0.776. The molecule has 0 amide bonds. The second-order valence-corrected chi connectivity index (χ2v) is 7.98. The Bertz CT molecular complexity index is 719. The Morgan fingerprint density at radius 2 is 1.45 bits per heavy atom. The predicted octanol–water partition coefficient (Wildman–Crippen LogP) is 4.19. The van der Waals surface area contributed by atoms with Crippen LogP contribution in [0.15, 0.2) is 47.4 Å². The first-order valence-corrected chi connectivity index (χ1v) is 9.11. The number of halogens is 1.